The lowest BCUT2D eigenvalue weighted by molar-refractivity contribution is -0.0540. The summed E-state index contributed by atoms with van der Waals surface area (Å²) in [4.78, 5) is 0. The van der Waals surface area contributed by atoms with Crippen LogP contribution in [0.2, 0.25) is 0 Å². The lowest BCUT2D eigenvalue weighted by Gasteiger charge is -2.58. The minimum atomic E-state index is -0.0866. The van der Waals surface area contributed by atoms with Crippen molar-refractivity contribution in [1.82, 2.24) is 0 Å². The van der Waals surface area contributed by atoms with Crippen LogP contribution in [0.4, 0.5) is 0 Å². The van der Waals surface area contributed by atoms with Gasteiger partial charge in [0.05, 0.1) is 6.10 Å². The zero-order valence-electron chi connectivity index (χ0n) is 20.0. The molecule has 0 aromatic heterocycles. The molecule has 0 aliphatic heterocycles. The molecule has 1 heteroatoms. The zero-order valence-corrected chi connectivity index (χ0v) is 20.0. The fourth-order valence-corrected chi connectivity index (χ4v) is 8.25. The van der Waals surface area contributed by atoms with Gasteiger partial charge in [-0.3, -0.25) is 0 Å². The number of hydrogen-bond acceptors (Lipinski definition) is 1. The molecule has 0 saturated heterocycles. The van der Waals surface area contributed by atoms with Gasteiger partial charge in [-0.15, -0.1) is 0 Å². The highest BCUT2D eigenvalue weighted by molar-refractivity contribution is 5.25. The summed E-state index contributed by atoms with van der Waals surface area (Å²) in [6.07, 6.45) is 17.7. The highest BCUT2D eigenvalue weighted by Gasteiger charge is 2.58. The second-order valence-electron chi connectivity index (χ2n) is 12.2. The Kier molecular flexibility index (Phi) is 5.86. The summed E-state index contributed by atoms with van der Waals surface area (Å²) in [5.74, 6) is 5.63. The van der Waals surface area contributed by atoms with Gasteiger partial charge in [-0.1, -0.05) is 65.3 Å². The third-order valence-corrected chi connectivity index (χ3v) is 10.6. The number of fused-ring (bicyclic) bond motifs is 5. The van der Waals surface area contributed by atoms with Crippen molar-refractivity contribution in [2.75, 3.05) is 0 Å². The van der Waals surface area contributed by atoms with E-state index < -0.39 is 0 Å². The van der Waals surface area contributed by atoms with E-state index in [0.717, 1.165) is 42.4 Å². The average Bonchev–Trinajstić information content (AvgIpc) is 3.03. The van der Waals surface area contributed by atoms with Crippen LogP contribution in [-0.2, 0) is 0 Å². The number of allylic oxidation sites excluding steroid dienone is 3. The van der Waals surface area contributed by atoms with Gasteiger partial charge in [-0.05, 0) is 104 Å². The average molecular weight is 399 g/mol. The van der Waals surface area contributed by atoms with E-state index in [4.69, 9.17) is 0 Å². The molecule has 164 valence electrons. The summed E-state index contributed by atoms with van der Waals surface area (Å²) < 4.78 is 0. The third-order valence-electron chi connectivity index (χ3n) is 10.6. The van der Waals surface area contributed by atoms with E-state index in [-0.39, 0.29) is 6.10 Å². The first-order chi connectivity index (χ1) is 13.7. The lowest BCUT2D eigenvalue weighted by Crippen LogP contribution is -2.50. The monoisotopic (exact) mass is 398 g/mol. The first-order valence-corrected chi connectivity index (χ1v) is 12.7. The highest BCUT2D eigenvalue weighted by atomic mass is 16.3. The minimum absolute atomic E-state index is 0.0866. The molecule has 3 fully saturated rings. The predicted molar refractivity (Wildman–Crippen MR) is 124 cm³/mol. The Morgan fingerprint density at radius 3 is 2.45 bits per heavy atom. The molecule has 0 radical (unpaired) electrons. The van der Waals surface area contributed by atoms with Crippen LogP contribution in [0.25, 0.3) is 0 Å². The molecule has 0 aromatic carbocycles. The molecular formula is C28H46O. The van der Waals surface area contributed by atoms with Gasteiger partial charge in [-0.25, -0.2) is 0 Å². The number of rotatable bonds is 4. The fourth-order valence-electron chi connectivity index (χ4n) is 8.25. The maximum Gasteiger partial charge on any atom is 0.0577 e. The third kappa shape index (κ3) is 3.58. The van der Waals surface area contributed by atoms with Crippen LogP contribution < -0.4 is 0 Å². The normalized spacial score (nSPS) is 46.8. The van der Waals surface area contributed by atoms with Crippen molar-refractivity contribution in [3.63, 3.8) is 0 Å². The molecular weight excluding hydrogens is 352 g/mol. The molecule has 1 N–H and O–H groups in total. The van der Waals surface area contributed by atoms with Crippen molar-refractivity contribution >= 4 is 0 Å². The van der Waals surface area contributed by atoms with Gasteiger partial charge in [0.25, 0.3) is 0 Å². The number of aliphatic hydroxyl groups is 1. The lowest BCUT2D eigenvalue weighted by atomic mass is 9.47. The Bertz CT molecular complexity index is 659. The Hall–Kier alpha value is -0.560. The standard InChI is InChI=1S/C28H46O/c1-18(2)19(3)7-8-20(4)24-11-12-25-23-10-9-21-17-22(29)13-15-27(21,5)26(23)14-16-28(24,25)6/h7-9,18-20,22-26,29H,10-17H2,1-6H3/b8-7+/t19-,20?,22+,23?,24-,25?,26?,27+,28-/m1/s1. The van der Waals surface area contributed by atoms with Crippen molar-refractivity contribution in [3.8, 4) is 0 Å². The quantitative estimate of drug-likeness (QED) is 0.489. The maximum absolute atomic E-state index is 10.2. The van der Waals surface area contributed by atoms with E-state index in [2.05, 4.69) is 59.8 Å². The first kappa shape index (κ1) is 21.7. The van der Waals surface area contributed by atoms with Gasteiger partial charge < -0.3 is 5.11 Å². The Balaban J connectivity index is 1.53. The van der Waals surface area contributed by atoms with Crippen LogP contribution in [-0.4, -0.2) is 11.2 Å². The molecule has 4 unspecified atom stereocenters. The van der Waals surface area contributed by atoms with Crippen LogP contribution in [0.15, 0.2) is 23.8 Å². The molecule has 0 spiro atoms. The van der Waals surface area contributed by atoms with Gasteiger partial charge in [0.2, 0.25) is 0 Å². The van der Waals surface area contributed by atoms with Crippen molar-refractivity contribution < 1.29 is 5.11 Å². The number of hydrogen-bond donors (Lipinski definition) is 1. The largest absolute Gasteiger partial charge is 0.393 e. The summed E-state index contributed by atoms with van der Waals surface area (Å²) in [6, 6.07) is 0. The molecule has 0 aromatic rings. The van der Waals surface area contributed by atoms with E-state index in [1.54, 1.807) is 5.57 Å². The molecule has 1 nitrogen and oxygen atoms in total. The van der Waals surface area contributed by atoms with E-state index in [1.807, 2.05) is 0 Å². The van der Waals surface area contributed by atoms with Crippen molar-refractivity contribution in [3.05, 3.63) is 23.8 Å². The SMILES string of the molecule is CC(C)[C@H](C)/C=C/C(C)[C@H]1CCC2C3CC=C4C[C@@H](O)CC[C@]4(C)C3CC[C@@]21C. The molecule has 0 bridgehead atoms. The summed E-state index contributed by atoms with van der Waals surface area (Å²) in [7, 11) is 0. The van der Waals surface area contributed by atoms with Crippen LogP contribution in [0.5, 0.6) is 0 Å². The fraction of sp³-hybridized carbons (Fsp3) is 0.857. The second-order valence-corrected chi connectivity index (χ2v) is 12.2. The summed E-state index contributed by atoms with van der Waals surface area (Å²) >= 11 is 0. The molecule has 0 amide bonds. The summed E-state index contributed by atoms with van der Waals surface area (Å²) in [5.41, 5.74) is 2.51. The van der Waals surface area contributed by atoms with E-state index in [9.17, 15) is 5.11 Å². The van der Waals surface area contributed by atoms with Crippen LogP contribution in [0, 0.1) is 52.3 Å². The second kappa shape index (κ2) is 7.85. The molecule has 4 aliphatic carbocycles. The zero-order chi connectivity index (χ0) is 21.0. The highest BCUT2D eigenvalue weighted by Crippen LogP contribution is 2.67. The first-order valence-electron chi connectivity index (χ1n) is 12.7. The van der Waals surface area contributed by atoms with Gasteiger partial charge in [0, 0.05) is 0 Å². The van der Waals surface area contributed by atoms with Crippen LogP contribution in [0.3, 0.4) is 0 Å². The van der Waals surface area contributed by atoms with E-state index >= 15 is 0 Å². The van der Waals surface area contributed by atoms with Crippen LogP contribution >= 0.6 is 0 Å². The van der Waals surface area contributed by atoms with Crippen molar-refractivity contribution in [2.45, 2.75) is 99.0 Å². The van der Waals surface area contributed by atoms with Gasteiger partial charge in [0.15, 0.2) is 0 Å². The van der Waals surface area contributed by atoms with E-state index in [0.29, 0.717) is 22.7 Å². The van der Waals surface area contributed by atoms with Crippen LogP contribution in [0.1, 0.15) is 92.9 Å². The smallest absolute Gasteiger partial charge is 0.0577 e. The summed E-state index contributed by atoms with van der Waals surface area (Å²) in [6.45, 7) is 14.7. The van der Waals surface area contributed by atoms with Crippen molar-refractivity contribution in [1.29, 1.82) is 0 Å². The molecule has 3 saturated carbocycles. The Labute approximate surface area is 180 Å². The van der Waals surface area contributed by atoms with Crippen molar-refractivity contribution in [2.24, 2.45) is 52.3 Å². The van der Waals surface area contributed by atoms with E-state index in [1.165, 1.54) is 38.5 Å². The Morgan fingerprint density at radius 2 is 1.72 bits per heavy atom. The predicted octanol–water partition coefficient (Wildman–Crippen LogP) is 7.41. The Morgan fingerprint density at radius 1 is 0.966 bits per heavy atom. The molecule has 0 heterocycles. The van der Waals surface area contributed by atoms with Gasteiger partial charge in [0.1, 0.15) is 0 Å². The molecule has 29 heavy (non-hydrogen) atoms. The molecule has 9 atom stereocenters. The van der Waals surface area contributed by atoms with Gasteiger partial charge in [-0.2, -0.15) is 0 Å². The minimum Gasteiger partial charge on any atom is -0.393 e. The summed E-state index contributed by atoms with van der Waals surface area (Å²) in [5, 5.41) is 10.2. The number of aliphatic hydroxyl groups excluding tert-OH is 1. The molecule has 4 rings (SSSR count). The topological polar surface area (TPSA) is 20.2 Å². The van der Waals surface area contributed by atoms with Gasteiger partial charge >= 0.3 is 0 Å². The molecule has 4 aliphatic rings. The maximum atomic E-state index is 10.2.